The van der Waals surface area contributed by atoms with Crippen molar-refractivity contribution in [3.8, 4) is 11.3 Å². The van der Waals surface area contributed by atoms with Gasteiger partial charge in [0.15, 0.2) is 0 Å². The summed E-state index contributed by atoms with van der Waals surface area (Å²) >= 11 is 0. The number of piperidine rings is 1. The fraction of sp³-hybridized carbons (Fsp3) is 0.500. The number of hydrogen-bond acceptors (Lipinski definition) is 4. The van der Waals surface area contributed by atoms with Gasteiger partial charge >= 0.3 is 0 Å². The van der Waals surface area contributed by atoms with Crippen molar-refractivity contribution in [1.29, 1.82) is 0 Å². The minimum Gasteiger partial charge on any atom is -0.391 e. The fourth-order valence-corrected chi connectivity index (χ4v) is 6.28. The number of benzene rings is 1. The maximum Gasteiger partial charge on any atom is 0.217 e. The van der Waals surface area contributed by atoms with E-state index >= 15 is 0 Å². The molecule has 1 saturated carbocycles. The molecule has 0 spiro atoms. The molecule has 0 radical (unpaired) electrons. The second-order valence-corrected chi connectivity index (χ2v) is 9.55. The largest absolute Gasteiger partial charge is 0.391 e. The van der Waals surface area contributed by atoms with E-state index in [-0.39, 0.29) is 23.8 Å². The van der Waals surface area contributed by atoms with E-state index in [1.54, 1.807) is 0 Å². The van der Waals surface area contributed by atoms with Crippen LogP contribution in [-0.4, -0.2) is 51.8 Å². The summed E-state index contributed by atoms with van der Waals surface area (Å²) in [5.74, 6) is -0.0118. The third-order valence-electron chi connectivity index (χ3n) is 5.83. The standard InChI is InChI=1S/C18H21N3O3S/c22-17-10-20(25(23,24)12-5-6-12)8-7-15(17)18-14-4-2-1-3-13(14)16-9-19-11-21(16)18/h1-4,9,11-12,15,17-18,22H,5-8,10H2/t15-,17-,18+/m0/s1. The van der Waals surface area contributed by atoms with Crippen LogP contribution in [0.15, 0.2) is 36.8 Å². The zero-order valence-corrected chi connectivity index (χ0v) is 14.6. The van der Waals surface area contributed by atoms with Gasteiger partial charge in [0.25, 0.3) is 0 Å². The molecule has 3 heterocycles. The average Bonchev–Trinajstić information content (AvgIpc) is 3.29. The number of rotatable bonds is 3. The SMILES string of the molecule is O=S(=O)(C1CC1)N1CC[C@H]([C@H]2c3ccccc3-c3cncn32)[C@@H](O)C1. The van der Waals surface area contributed by atoms with Gasteiger partial charge in [-0.05, 0) is 24.8 Å². The van der Waals surface area contributed by atoms with Crippen LogP contribution >= 0.6 is 0 Å². The molecule has 0 bridgehead atoms. The first-order valence-electron chi connectivity index (χ1n) is 8.85. The molecule has 2 fully saturated rings. The summed E-state index contributed by atoms with van der Waals surface area (Å²) in [4.78, 5) is 4.27. The van der Waals surface area contributed by atoms with Gasteiger partial charge in [0.05, 0.1) is 35.6 Å². The molecule has 0 unspecified atom stereocenters. The van der Waals surface area contributed by atoms with E-state index < -0.39 is 16.1 Å². The second-order valence-electron chi connectivity index (χ2n) is 7.34. The number of nitrogens with zero attached hydrogens (tertiary/aromatic N) is 3. The van der Waals surface area contributed by atoms with Crippen molar-refractivity contribution >= 4 is 10.0 Å². The van der Waals surface area contributed by atoms with Gasteiger partial charge in [-0.3, -0.25) is 0 Å². The topological polar surface area (TPSA) is 75.4 Å². The lowest BCUT2D eigenvalue weighted by Crippen LogP contribution is -2.49. The van der Waals surface area contributed by atoms with Crippen LogP contribution in [0, 0.1) is 5.92 Å². The van der Waals surface area contributed by atoms with Crippen LogP contribution in [0.4, 0.5) is 0 Å². The molecular formula is C18H21N3O3S. The van der Waals surface area contributed by atoms with E-state index in [1.807, 2.05) is 24.7 Å². The van der Waals surface area contributed by atoms with Gasteiger partial charge in [-0.15, -0.1) is 0 Å². The lowest BCUT2D eigenvalue weighted by molar-refractivity contribution is 0.0342. The van der Waals surface area contributed by atoms with Crippen molar-refractivity contribution in [2.45, 2.75) is 36.7 Å². The Balaban J connectivity index is 1.45. The Labute approximate surface area is 147 Å². The van der Waals surface area contributed by atoms with E-state index in [9.17, 15) is 13.5 Å². The van der Waals surface area contributed by atoms with Gasteiger partial charge in [-0.1, -0.05) is 24.3 Å². The highest BCUT2D eigenvalue weighted by Crippen LogP contribution is 2.46. The van der Waals surface area contributed by atoms with Crippen molar-refractivity contribution in [1.82, 2.24) is 13.9 Å². The number of fused-ring (bicyclic) bond motifs is 3. The maximum atomic E-state index is 12.5. The zero-order valence-electron chi connectivity index (χ0n) is 13.8. The molecule has 1 aromatic heterocycles. The van der Waals surface area contributed by atoms with Crippen molar-refractivity contribution in [3.05, 3.63) is 42.4 Å². The quantitative estimate of drug-likeness (QED) is 0.904. The molecule has 1 aromatic carbocycles. The summed E-state index contributed by atoms with van der Waals surface area (Å²) in [7, 11) is -3.22. The molecule has 3 atom stereocenters. The summed E-state index contributed by atoms with van der Waals surface area (Å²) in [6.45, 7) is 0.690. The molecule has 2 aliphatic heterocycles. The summed E-state index contributed by atoms with van der Waals surface area (Å²) < 4.78 is 28.6. The second kappa shape index (κ2) is 5.40. The third-order valence-corrected chi connectivity index (χ3v) is 8.19. The molecular weight excluding hydrogens is 338 g/mol. The maximum absolute atomic E-state index is 12.5. The van der Waals surface area contributed by atoms with Gasteiger partial charge in [-0.25, -0.2) is 13.4 Å². The molecule has 2 aromatic rings. The molecule has 132 valence electrons. The van der Waals surface area contributed by atoms with Gasteiger partial charge in [-0.2, -0.15) is 4.31 Å². The Morgan fingerprint density at radius 1 is 1.16 bits per heavy atom. The highest BCUT2D eigenvalue weighted by atomic mass is 32.2. The number of sulfonamides is 1. The average molecular weight is 359 g/mol. The summed E-state index contributed by atoms with van der Waals surface area (Å²) in [6.07, 6.45) is 5.18. The van der Waals surface area contributed by atoms with Crippen LogP contribution in [0.5, 0.6) is 0 Å². The van der Waals surface area contributed by atoms with Gasteiger partial charge in [0, 0.05) is 24.6 Å². The summed E-state index contributed by atoms with van der Waals surface area (Å²) in [5.41, 5.74) is 3.42. The van der Waals surface area contributed by atoms with Crippen LogP contribution in [0.1, 0.15) is 30.9 Å². The van der Waals surface area contributed by atoms with Gasteiger partial charge < -0.3 is 9.67 Å². The van der Waals surface area contributed by atoms with Crippen LogP contribution in [0.2, 0.25) is 0 Å². The number of aliphatic hydroxyl groups is 1. The molecule has 1 aliphatic carbocycles. The molecule has 25 heavy (non-hydrogen) atoms. The summed E-state index contributed by atoms with van der Waals surface area (Å²) in [6, 6.07) is 8.24. The predicted molar refractivity (Wildman–Crippen MR) is 93.4 cm³/mol. The molecule has 3 aliphatic rings. The lowest BCUT2D eigenvalue weighted by Gasteiger charge is -2.38. The number of aromatic nitrogens is 2. The van der Waals surface area contributed by atoms with E-state index in [4.69, 9.17) is 0 Å². The number of β-amino-alcohol motifs (C(OH)–C–C–N with tert-alkyl or cyclic N) is 1. The molecule has 0 amide bonds. The smallest absolute Gasteiger partial charge is 0.217 e. The van der Waals surface area contributed by atoms with Crippen molar-refractivity contribution < 1.29 is 13.5 Å². The van der Waals surface area contributed by atoms with Crippen molar-refractivity contribution in [3.63, 3.8) is 0 Å². The first-order chi connectivity index (χ1) is 12.1. The van der Waals surface area contributed by atoms with Crippen LogP contribution in [0.3, 0.4) is 0 Å². The first-order valence-corrected chi connectivity index (χ1v) is 10.4. The predicted octanol–water partition coefficient (Wildman–Crippen LogP) is 1.63. The monoisotopic (exact) mass is 359 g/mol. The number of hydrogen-bond donors (Lipinski definition) is 1. The fourth-order valence-electron chi connectivity index (χ4n) is 4.41. The highest BCUT2D eigenvalue weighted by Gasteiger charge is 2.46. The summed E-state index contributed by atoms with van der Waals surface area (Å²) in [5, 5.41) is 10.6. The minimum absolute atomic E-state index is 0.0118. The van der Waals surface area contributed by atoms with Crippen molar-refractivity contribution in [2.24, 2.45) is 5.92 Å². The molecule has 7 heteroatoms. The highest BCUT2D eigenvalue weighted by molar-refractivity contribution is 7.90. The minimum atomic E-state index is -3.22. The van der Waals surface area contributed by atoms with Crippen LogP contribution < -0.4 is 0 Å². The Morgan fingerprint density at radius 3 is 2.72 bits per heavy atom. The molecule has 6 nitrogen and oxygen atoms in total. The molecule has 5 rings (SSSR count). The van der Waals surface area contributed by atoms with Crippen LogP contribution in [0.25, 0.3) is 11.3 Å². The van der Waals surface area contributed by atoms with Crippen LogP contribution in [-0.2, 0) is 10.0 Å². The first kappa shape index (κ1) is 15.5. The zero-order chi connectivity index (χ0) is 17.2. The van der Waals surface area contributed by atoms with E-state index in [0.717, 1.165) is 24.1 Å². The lowest BCUT2D eigenvalue weighted by atomic mass is 9.84. The van der Waals surface area contributed by atoms with Gasteiger partial charge in [0.2, 0.25) is 10.0 Å². The van der Waals surface area contributed by atoms with E-state index in [0.29, 0.717) is 13.0 Å². The Kier molecular flexibility index (Phi) is 3.36. The normalized spacial score (nSPS) is 29.4. The number of imidazole rings is 1. The van der Waals surface area contributed by atoms with E-state index in [1.165, 1.54) is 9.87 Å². The Bertz CT molecular complexity index is 919. The van der Waals surface area contributed by atoms with Crippen molar-refractivity contribution in [2.75, 3.05) is 13.1 Å². The van der Waals surface area contributed by atoms with Gasteiger partial charge in [0.1, 0.15) is 0 Å². The Hall–Kier alpha value is -1.70. The molecule has 1 saturated heterocycles. The Morgan fingerprint density at radius 2 is 1.96 bits per heavy atom. The van der Waals surface area contributed by atoms with E-state index in [2.05, 4.69) is 21.7 Å². The third kappa shape index (κ3) is 2.29. The molecule has 1 N–H and O–H groups in total. The number of aliphatic hydroxyl groups excluding tert-OH is 1.